The highest BCUT2D eigenvalue weighted by Gasteiger charge is 2.36. The summed E-state index contributed by atoms with van der Waals surface area (Å²) in [6, 6.07) is 4.96. The number of carbonyl (C=O) groups is 2. The van der Waals surface area contributed by atoms with Gasteiger partial charge in [0.1, 0.15) is 10.7 Å². The summed E-state index contributed by atoms with van der Waals surface area (Å²) in [4.78, 5) is 30.2. The molecular weight excluding hydrogens is 471 g/mol. The minimum Gasteiger partial charge on any atom is -0.463 e. The predicted molar refractivity (Wildman–Crippen MR) is 118 cm³/mol. The fraction of sp³-hybridized carbons (Fsp3) is 0.273. The first-order valence-electron chi connectivity index (χ1n) is 10.4. The average Bonchev–Trinajstić information content (AvgIpc) is 3.49. The summed E-state index contributed by atoms with van der Waals surface area (Å²) in [5, 5.41) is 6.74. The maximum atomic E-state index is 13.7. The Morgan fingerprint density at radius 3 is 2.79 bits per heavy atom. The molecular formula is C22H18F3N5O3S. The van der Waals surface area contributed by atoms with Crippen molar-refractivity contribution in [2.75, 3.05) is 5.32 Å². The number of nitrogens with one attached hydrogen (secondary N) is 1. The Morgan fingerprint density at radius 1 is 1.32 bits per heavy atom. The molecule has 0 unspecified atom stereocenters. The number of nitrogens with two attached hydrogens (primary N) is 1. The van der Waals surface area contributed by atoms with Gasteiger partial charge in [0, 0.05) is 10.9 Å². The van der Waals surface area contributed by atoms with Crippen molar-refractivity contribution in [2.24, 2.45) is 11.7 Å². The Hall–Kier alpha value is -3.67. The molecule has 0 radical (unpaired) electrons. The van der Waals surface area contributed by atoms with Gasteiger partial charge in [-0.15, -0.1) is 11.3 Å². The maximum Gasteiger partial charge on any atom is 0.433 e. The second-order valence-corrected chi connectivity index (χ2v) is 9.28. The van der Waals surface area contributed by atoms with E-state index in [9.17, 15) is 22.8 Å². The normalized spacial score (nSPS) is 15.9. The van der Waals surface area contributed by atoms with Gasteiger partial charge in [0.15, 0.2) is 22.8 Å². The molecule has 1 aliphatic rings. The molecule has 0 spiro atoms. The van der Waals surface area contributed by atoms with E-state index in [1.165, 1.54) is 29.7 Å². The number of amides is 2. The van der Waals surface area contributed by atoms with Gasteiger partial charge in [0.25, 0.3) is 11.8 Å². The van der Waals surface area contributed by atoms with E-state index in [0.29, 0.717) is 16.9 Å². The second-order valence-electron chi connectivity index (χ2n) is 8.18. The fourth-order valence-corrected chi connectivity index (χ4v) is 5.52. The van der Waals surface area contributed by atoms with Crippen LogP contribution in [-0.2, 0) is 19.0 Å². The van der Waals surface area contributed by atoms with E-state index in [1.54, 1.807) is 0 Å². The van der Waals surface area contributed by atoms with Gasteiger partial charge in [0.2, 0.25) is 0 Å². The van der Waals surface area contributed by atoms with E-state index >= 15 is 0 Å². The molecule has 0 saturated heterocycles. The molecule has 12 heteroatoms. The third kappa shape index (κ3) is 3.83. The number of furan rings is 1. The van der Waals surface area contributed by atoms with Gasteiger partial charge in [-0.1, -0.05) is 6.92 Å². The molecule has 3 N–H and O–H groups in total. The maximum absolute atomic E-state index is 13.7. The highest BCUT2D eigenvalue weighted by atomic mass is 32.1. The number of aromatic nitrogens is 3. The largest absolute Gasteiger partial charge is 0.463 e. The van der Waals surface area contributed by atoms with Crippen molar-refractivity contribution in [1.82, 2.24) is 14.6 Å². The third-order valence-electron chi connectivity index (χ3n) is 5.71. The van der Waals surface area contributed by atoms with Crippen LogP contribution in [0.4, 0.5) is 18.2 Å². The first kappa shape index (κ1) is 22.1. The number of carbonyl (C=O) groups excluding carboxylic acids is 2. The Morgan fingerprint density at radius 2 is 2.12 bits per heavy atom. The number of fused-ring (bicyclic) bond motifs is 2. The van der Waals surface area contributed by atoms with Crippen molar-refractivity contribution in [2.45, 2.75) is 32.4 Å². The van der Waals surface area contributed by atoms with Crippen LogP contribution < -0.4 is 11.1 Å². The van der Waals surface area contributed by atoms with Crippen LogP contribution in [0.15, 0.2) is 34.9 Å². The number of alkyl halides is 3. The minimum absolute atomic E-state index is 0.0484. The molecule has 2 amide bonds. The molecule has 1 atom stereocenters. The molecule has 176 valence electrons. The zero-order chi connectivity index (χ0) is 24.2. The van der Waals surface area contributed by atoms with E-state index < -0.39 is 23.7 Å². The van der Waals surface area contributed by atoms with Crippen LogP contribution in [0.5, 0.6) is 0 Å². The lowest BCUT2D eigenvalue weighted by atomic mass is 9.88. The molecule has 0 aromatic carbocycles. The highest BCUT2D eigenvalue weighted by molar-refractivity contribution is 7.17. The summed E-state index contributed by atoms with van der Waals surface area (Å²) in [5.74, 6) is -0.859. The summed E-state index contributed by atoms with van der Waals surface area (Å²) in [6.07, 6.45) is -1.11. The number of primary amides is 1. The van der Waals surface area contributed by atoms with Gasteiger partial charge in [-0.3, -0.25) is 9.59 Å². The van der Waals surface area contributed by atoms with Gasteiger partial charge < -0.3 is 15.5 Å². The highest BCUT2D eigenvalue weighted by Crippen LogP contribution is 2.39. The lowest BCUT2D eigenvalue weighted by molar-refractivity contribution is -0.142. The minimum atomic E-state index is -4.76. The molecule has 0 aliphatic heterocycles. The molecule has 0 saturated carbocycles. The first-order chi connectivity index (χ1) is 16.1. The summed E-state index contributed by atoms with van der Waals surface area (Å²) in [7, 11) is 0. The first-order valence-corrected chi connectivity index (χ1v) is 11.2. The number of thiophene rings is 1. The number of anilines is 1. The standard InChI is InChI=1S/C22H18F3N5O3S/c1-10-4-5-11-15(7-10)34-21(18(11)19(26)31)28-20(32)13-9-17-27-12(14-3-2-6-33-14)8-16(22(23,24)25)30(17)29-13/h2-3,6,8-10H,4-5,7H2,1H3,(H2,26,31)(H,28,32)/t10-/m1/s1. The monoisotopic (exact) mass is 489 g/mol. The smallest absolute Gasteiger partial charge is 0.433 e. The van der Waals surface area contributed by atoms with Gasteiger partial charge in [-0.05, 0) is 48.9 Å². The summed E-state index contributed by atoms with van der Waals surface area (Å²) in [5.41, 5.74) is 5.02. The zero-order valence-electron chi connectivity index (χ0n) is 17.8. The molecule has 0 bridgehead atoms. The van der Waals surface area contributed by atoms with Crippen molar-refractivity contribution in [3.8, 4) is 11.5 Å². The molecule has 4 aromatic rings. The Bertz CT molecular complexity index is 1420. The van der Waals surface area contributed by atoms with Crippen molar-refractivity contribution in [3.63, 3.8) is 0 Å². The zero-order valence-corrected chi connectivity index (χ0v) is 18.6. The quantitative estimate of drug-likeness (QED) is 0.437. The summed E-state index contributed by atoms with van der Waals surface area (Å²) in [6.45, 7) is 2.10. The molecule has 4 aromatic heterocycles. The van der Waals surface area contributed by atoms with Crippen LogP contribution in [-0.4, -0.2) is 26.4 Å². The van der Waals surface area contributed by atoms with Crippen LogP contribution in [0.3, 0.4) is 0 Å². The van der Waals surface area contributed by atoms with Crippen molar-refractivity contribution < 1.29 is 27.2 Å². The molecule has 0 fully saturated rings. The summed E-state index contributed by atoms with van der Waals surface area (Å²) < 4.78 is 46.9. The second kappa shape index (κ2) is 7.97. The van der Waals surface area contributed by atoms with E-state index in [2.05, 4.69) is 22.3 Å². The molecule has 1 aliphatic carbocycles. The number of halogens is 3. The van der Waals surface area contributed by atoms with Crippen LogP contribution in [0.2, 0.25) is 0 Å². The lowest BCUT2D eigenvalue weighted by Crippen LogP contribution is -2.19. The molecule has 8 nitrogen and oxygen atoms in total. The summed E-state index contributed by atoms with van der Waals surface area (Å²) >= 11 is 1.26. The van der Waals surface area contributed by atoms with Crippen molar-refractivity contribution in [1.29, 1.82) is 0 Å². The van der Waals surface area contributed by atoms with Crippen LogP contribution in [0.1, 0.15) is 50.3 Å². The van der Waals surface area contributed by atoms with E-state index in [4.69, 9.17) is 10.2 Å². The SMILES string of the molecule is C[C@@H]1CCc2c(sc(NC(=O)c3cc4nc(-c5ccco5)cc(C(F)(F)F)n4n3)c2C(N)=O)C1. The molecule has 5 rings (SSSR count). The molecule has 34 heavy (non-hydrogen) atoms. The van der Waals surface area contributed by atoms with E-state index in [1.807, 2.05) is 0 Å². The van der Waals surface area contributed by atoms with E-state index in [0.717, 1.165) is 35.4 Å². The molecule has 4 heterocycles. The topological polar surface area (TPSA) is 116 Å². The number of hydrogen-bond donors (Lipinski definition) is 2. The van der Waals surface area contributed by atoms with Crippen LogP contribution in [0, 0.1) is 5.92 Å². The van der Waals surface area contributed by atoms with Crippen LogP contribution >= 0.6 is 11.3 Å². The van der Waals surface area contributed by atoms with Crippen molar-refractivity contribution in [3.05, 3.63) is 57.9 Å². The van der Waals surface area contributed by atoms with Gasteiger partial charge in [-0.2, -0.15) is 18.3 Å². The fourth-order valence-electron chi connectivity index (χ4n) is 4.10. The average molecular weight is 489 g/mol. The number of nitrogens with zero attached hydrogens (tertiary/aromatic N) is 3. The Labute approximate surface area is 194 Å². The number of hydrogen-bond acceptors (Lipinski definition) is 6. The van der Waals surface area contributed by atoms with Gasteiger partial charge in [-0.25, -0.2) is 9.50 Å². The third-order valence-corrected chi connectivity index (χ3v) is 6.88. The van der Waals surface area contributed by atoms with E-state index in [-0.39, 0.29) is 33.4 Å². The van der Waals surface area contributed by atoms with Crippen LogP contribution in [0.25, 0.3) is 17.1 Å². The van der Waals surface area contributed by atoms with Crippen molar-refractivity contribution >= 4 is 33.8 Å². The predicted octanol–water partition coefficient (Wildman–Crippen LogP) is 4.55. The lowest BCUT2D eigenvalue weighted by Gasteiger charge is -2.18. The Kier molecular flexibility index (Phi) is 5.19. The van der Waals surface area contributed by atoms with Gasteiger partial charge >= 0.3 is 6.18 Å². The van der Waals surface area contributed by atoms with Gasteiger partial charge in [0.05, 0.1) is 11.8 Å². The Balaban J connectivity index is 1.54. The number of rotatable bonds is 4.